The zero-order chi connectivity index (χ0) is 16.3. The van der Waals surface area contributed by atoms with Crippen molar-refractivity contribution in [2.45, 2.75) is 26.7 Å². The van der Waals surface area contributed by atoms with Gasteiger partial charge in [0.15, 0.2) is 5.82 Å². The van der Waals surface area contributed by atoms with Gasteiger partial charge in [0.05, 0.1) is 13.0 Å². The normalized spacial score (nSPS) is 12.7. The maximum Gasteiger partial charge on any atom is 0.311 e. The highest BCUT2D eigenvalue weighted by Crippen LogP contribution is 2.35. The lowest BCUT2D eigenvalue weighted by molar-refractivity contribution is -0.141. The predicted molar refractivity (Wildman–Crippen MR) is 83.9 cm³/mol. The van der Waals surface area contributed by atoms with Crippen LogP contribution in [0.4, 0.5) is 0 Å². The molecule has 5 heteroatoms. The average molecular weight is 300 g/mol. The molecule has 1 N–H and O–H groups in total. The Morgan fingerprint density at radius 2 is 1.68 bits per heavy atom. The fourth-order valence-electron chi connectivity index (χ4n) is 2.39. The minimum atomic E-state index is -0.867. The van der Waals surface area contributed by atoms with Crippen molar-refractivity contribution in [2.24, 2.45) is 5.41 Å². The van der Waals surface area contributed by atoms with Crippen LogP contribution in [0.15, 0.2) is 36.7 Å². The monoisotopic (exact) mass is 300 g/mol. The Bertz CT molecular complexity index is 643. The van der Waals surface area contributed by atoms with Gasteiger partial charge in [-0.05, 0) is 29.7 Å². The van der Waals surface area contributed by atoms with Gasteiger partial charge in [0.2, 0.25) is 0 Å². The number of carboxylic acids is 1. The number of hydrogen-bond donors (Lipinski definition) is 1. The molecule has 0 spiro atoms. The lowest BCUT2D eigenvalue weighted by Crippen LogP contribution is -2.26. The number of ether oxygens (including phenoxy) is 1. The summed E-state index contributed by atoms with van der Waals surface area (Å²) in [7, 11) is 1.61. The van der Waals surface area contributed by atoms with E-state index in [9.17, 15) is 9.90 Å². The van der Waals surface area contributed by atoms with Crippen LogP contribution in [-0.4, -0.2) is 28.2 Å². The molecule has 1 aromatic heterocycles. The maximum absolute atomic E-state index is 11.5. The number of carboxylic acid groups (broad SMARTS) is 1. The van der Waals surface area contributed by atoms with Crippen molar-refractivity contribution in [2.75, 3.05) is 7.11 Å². The molecule has 2 rings (SSSR count). The van der Waals surface area contributed by atoms with Gasteiger partial charge in [0.25, 0.3) is 0 Å². The van der Waals surface area contributed by atoms with Gasteiger partial charge in [-0.3, -0.25) is 4.79 Å². The zero-order valence-electron chi connectivity index (χ0n) is 13.2. The van der Waals surface area contributed by atoms with E-state index in [2.05, 4.69) is 9.97 Å². The second-order valence-electron chi connectivity index (χ2n) is 6.21. The van der Waals surface area contributed by atoms with Gasteiger partial charge in [0.1, 0.15) is 5.75 Å². The van der Waals surface area contributed by atoms with E-state index in [4.69, 9.17) is 4.74 Å². The molecule has 1 atom stereocenters. The quantitative estimate of drug-likeness (QED) is 0.937. The molecule has 2 aromatic rings. The number of nitrogens with zero attached hydrogens (tertiary/aromatic N) is 2. The van der Waals surface area contributed by atoms with E-state index < -0.39 is 17.3 Å². The third-order valence-electron chi connectivity index (χ3n) is 3.47. The first-order chi connectivity index (χ1) is 10.3. The molecule has 0 saturated heterocycles. The Hall–Kier alpha value is -2.43. The molecule has 0 amide bonds. The summed E-state index contributed by atoms with van der Waals surface area (Å²) in [4.78, 5) is 20.1. The van der Waals surface area contributed by atoms with Crippen molar-refractivity contribution in [1.82, 2.24) is 9.97 Å². The fourth-order valence-corrected chi connectivity index (χ4v) is 2.39. The van der Waals surface area contributed by atoms with Crippen molar-refractivity contribution in [3.63, 3.8) is 0 Å². The van der Waals surface area contributed by atoms with Crippen LogP contribution in [0.2, 0.25) is 0 Å². The summed E-state index contributed by atoms with van der Waals surface area (Å²) in [5.41, 5.74) is 1.06. The lowest BCUT2D eigenvalue weighted by atomic mass is 9.77. The fraction of sp³-hybridized carbons (Fsp3) is 0.353. The molecule has 1 unspecified atom stereocenters. The third kappa shape index (κ3) is 3.42. The number of hydrogen-bond acceptors (Lipinski definition) is 4. The first-order valence-corrected chi connectivity index (χ1v) is 7.02. The molecule has 1 aromatic carbocycles. The standard InChI is InChI=1S/C17H20N2O3/c1-17(2,3)14(16(20)21)12-9-18-15(19-10-12)11-5-7-13(22-4)8-6-11/h5-10,14H,1-4H3,(H,20,21). The second kappa shape index (κ2) is 6.13. The van der Waals surface area contributed by atoms with Gasteiger partial charge < -0.3 is 9.84 Å². The van der Waals surface area contributed by atoms with Crippen molar-refractivity contribution in [3.8, 4) is 17.1 Å². The largest absolute Gasteiger partial charge is 0.497 e. The molecule has 0 saturated carbocycles. The molecular formula is C17H20N2O3. The van der Waals surface area contributed by atoms with Crippen LogP contribution in [-0.2, 0) is 4.79 Å². The van der Waals surface area contributed by atoms with E-state index in [1.165, 1.54) is 0 Å². The minimum Gasteiger partial charge on any atom is -0.497 e. The smallest absolute Gasteiger partial charge is 0.311 e. The maximum atomic E-state index is 11.5. The van der Waals surface area contributed by atoms with E-state index in [1.54, 1.807) is 19.5 Å². The number of aliphatic carboxylic acids is 1. The molecule has 0 aliphatic rings. The molecule has 0 aliphatic heterocycles. The average Bonchev–Trinajstić information content (AvgIpc) is 2.46. The van der Waals surface area contributed by atoms with Gasteiger partial charge >= 0.3 is 5.97 Å². The summed E-state index contributed by atoms with van der Waals surface area (Å²) in [6, 6.07) is 7.40. The van der Waals surface area contributed by atoms with Gasteiger partial charge in [-0.2, -0.15) is 0 Å². The van der Waals surface area contributed by atoms with Crippen LogP contribution in [0.25, 0.3) is 11.4 Å². The van der Waals surface area contributed by atoms with E-state index in [0.29, 0.717) is 11.4 Å². The summed E-state index contributed by atoms with van der Waals surface area (Å²) in [5, 5.41) is 9.44. The molecule has 116 valence electrons. The molecule has 0 bridgehead atoms. The van der Waals surface area contributed by atoms with Crippen molar-refractivity contribution in [1.29, 1.82) is 0 Å². The van der Waals surface area contributed by atoms with E-state index in [1.807, 2.05) is 45.0 Å². The number of rotatable bonds is 4. The third-order valence-corrected chi connectivity index (χ3v) is 3.47. The predicted octanol–water partition coefficient (Wildman–Crippen LogP) is 3.37. The molecule has 1 heterocycles. The Kier molecular flexibility index (Phi) is 4.45. The van der Waals surface area contributed by atoms with Gasteiger partial charge in [-0.25, -0.2) is 9.97 Å². The summed E-state index contributed by atoms with van der Waals surface area (Å²) in [6.45, 7) is 5.68. The Morgan fingerprint density at radius 1 is 1.14 bits per heavy atom. The van der Waals surface area contributed by atoms with Crippen LogP contribution in [0.3, 0.4) is 0 Å². The SMILES string of the molecule is COc1ccc(-c2ncc(C(C(=O)O)C(C)(C)C)cn2)cc1. The van der Waals surface area contributed by atoms with Crippen LogP contribution in [0, 0.1) is 5.41 Å². The van der Waals surface area contributed by atoms with Crippen LogP contribution in [0.5, 0.6) is 5.75 Å². The Morgan fingerprint density at radius 3 is 2.09 bits per heavy atom. The molecule has 5 nitrogen and oxygen atoms in total. The number of benzene rings is 1. The van der Waals surface area contributed by atoms with Gasteiger partial charge in [-0.1, -0.05) is 20.8 Å². The second-order valence-corrected chi connectivity index (χ2v) is 6.21. The summed E-state index contributed by atoms with van der Waals surface area (Å²) in [6.07, 6.45) is 3.19. The summed E-state index contributed by atoms with van der Waals surface area (Å²) < 4.78 is 5.11. The Labute approximate surface area is 130 Å². The lowest BCUT2D eigenvalue weighted by Gasteiger charge is -2.26. The van der Waals surface area contributed by atoms with Gasteiger partial charge in [-0.15, -0.1) is 0 Å². The van der Waals surface area contributed by atoms with E-state index in [0.717, 1.165) is 11.3 Å². The first kappa shape index (κ1) is 15.9. The van der Waals surface area contributed by atoms with Crippen molar-refractivity contribution < 1.29 is 14.6 Å². The first-order valence-electron chi connectivity index (χ1n) is 7.02. The Balaban J connectivity index is 2.31. The van der Waals surface area contributed by atoms with Gasteiger partial charge in [0, 0.05) is 23.5 Å². The van der Waals surface area contributed by atoms with Crippen LogP contribution in [0.1, 0.15) is 32.3 Å². The number of aromatic nitrogens is 2. The van der Waals surface area contributed by atoms with Crippen LogP contribution >= 0.6 is 0 Å². The molecule has 0 radical (unpaired) electrons. The van der Waals surface area contributed by atoms with Crippen molar-refractivity contribution >= 4 is 5.97 Å². The number of carbonyl (C=O) groups is 1. The highest BCUT2D eigenvalue weighted by atomic mass is 16.5. The molecular weight excluding hydrogens is 280 g/mol. The van der Waals surface area contributed by atoms with Crippen molar-refractivity contribution in [3.05, 3.63) is 42.2 Å². The highest BCUT2D eigenvalue weighted by Gasteiger charge is 2.33. The summed E-state index contributed by atoms with van der Waals surface area (Å²) in [5.74, 6) is -0.186. The van der Waals surface area contributed by atoms with Crippen LogP contribution < -0.4 is 4.74 Å². The number of methoxy groups -OCH3 is 1. The molecule has 0 fully saturated rings. The zero-order valence-corrected chi connectivity index (χ0v) is 13.2. The minimum absolute atomic E-state index is 0.406. The highest BCUT2D eigenvalue weighted by molar-refractivity contribution is 5.77. The van der Waals surface area contributed by atoms with E-state index in [-0.39, 0.29) is 0 Å². The molecule has 0 aliphatic carbocycles. The molecule has 22 heavy (non-hydrogen) atoms. The topological polar surface area (TPSA) is 72.3 Å². The van der Waals surface area contributed by atoms with E-state index >= 15 is 0 Å². The summed E-state index contributed by atoms with van der Waals surface area (Å²) >= 11 is 0.